The van der Waals surface area contributed by atoms with Gasteiger partial charge in [-0.1, -0.05) is 110 Å². The van der Waals surface area contributed by atoms with Crippen molar-refractivity contribution in [2.75, 3.05) is 69.5 Å². The van der Waals surface area contributed by atoms with E-state index in [0.717, 1.165) is 40.5 Å². The van der Waals surface area contributed by atoms with E-state index in [1.807, 2.05) is 97.1 Å². The maximum Gasteiger partial charge on any atom is 0.267 e. The van der Waals surface area contributed by atoms with Gasteiger partial charge in [0, 0.05) is 94.1 Å². The summed E-state index contributed by atoms with van der Waals surface area (Å²) in [7, 11) is -13.2. The second-order valence-electron chi connectivity index (χ2n) is 21.4. The van der Waals surface area contributed by atoms with Gasteiger partial charge in [-0.15, -0.1) is 0 Å². The standard InChI is InChI=1S/C64H83N6O18P3/c1-83-89(77,78)88-56(46-67-59(71)30-14-20-44-86-90(79,80)84-42-18-4-2-16-40-65-61(73)36-38-63(75)69-48-54-26-8-6-22-50(54)32-34-52-24-10-12-28-57(52)69)47-68-60(72)31-15-21-45-87-91(81,82)85-43-19-5-3-17-41-66-62(74)37-39-64(76)70-49-55-27-9-7-23-51(55)33-35-53-25-11-13-29-58(53)70/h6-13,22-29,56H,2-5,14-21,30-31,36-49H2,1H3,(H,65,73)(H,66,74)(H,67,71)(H,68,72)(H,77,78)(H,79,80)(H,81,82)/p-3. The summed E-state index contributed by atoms with van der Waals surface area (Å²) in [4.78, 5) is 117. The molecular weight excluding hydrogens is 1230 g/mol. The van der Waals surface area contributed by atoms with Crippen LogP contribution in [0.5, 0.6) is 0 Å². The van der Waals surface area contributed by atoms with Gasteiger partial charge in [0.2, 0.25) is 35.4 Å². The predicted octanol–water partition coefficient (Wildman–Crippen LogP) is 6.87. The number of phosphoric ester groups is 3. The molecule has 4 aromatic rings. The van der Waals surface area contributed by atoms with Crippen LogP contribution in [0.1, 0.15) is 149 Å². The van der Waals surface area contributed by atoms with E-state index in [-0.39, 0.29) is 127 Å². The Morgan fingerprint density at radius 2 is 0.769 bits per heavy atom. The molecule has 91 heavy (non-hydrogen) atoms. The van der Waals surface area contributed by atoms with Gasteiger partial charge in [-0.05, 0) is 98.9 Å². The van der Waals surface area contributed by atoms with Crippen LogP contribution in [-0.2, 0) is 82.7 Å². The van der Waals surface area contributed by atoms with Crippen molar-refractivity contribution in [3.63, 3.8) is 0 Å². The average Bonchev–Trinajstić information content (AvgIpc) is 1.09. The second kappa shape index (κ2) is 38.9. The van der Waals surface area contributed by atoms with Crippen LogP contribution >= 0.6 is 23.5 Å². The molecule has 0 radical (unpaired) electrons. The third kappa shape index (κ3) is 27.5. The van der Waals surface area contributed by atoms with Crippen molar-refractivity contribution in [2.24, 2.45) is 0 Å². The lowest BCUT2D eigenvalue weighted by atomic mass is 10.0. The van der Waals surface area contributed by atoms with Crippen molar-refractivity contribution in [1.29, 1.82) is 0 Å². The number of para-hydroxylation sites is 2. The summed E-state index contributed by atoms with van der Waals surface area (Å²) >= 11 is 0. The lowest BCUT2D eigenvalue weighted by Crippen LogP contribution is -2.41. The van der Waals surface area contributed by atoms with E-state index < -0.39 is 41.4 Å². The number of carbonyl (C=O) groups excluding carboxylic acids is 6. The Balaban J connectivity index is 0.727. The van der Waals surface area contributed by atoms with Crippen LogP contribution in [0.25, 0.3) is 0 Å². The number of nitrogens with zero attached hydrogens (tertiary/aromatic N) is 2. The smallest absolute Gasteiger partial charge is 0.267 e. The summed E-state index contributed by atoms with van der Waals surface area (Å²) < 4.78 is 65.8. The van der Waals surface area contributed by atoms with Crippen LogP contribution in [0.15, 0.2) is 97.1 Å². The molecule has 0 aliphatic carbocycles. The first-order valence-electron chi connectivity index (χ1n) is 30.6. The summed E-state index contributed by atoms with van der Waals surface area (Å²) in [6.07, 6.45) is 4.15. The van der Waals surface area contributed by atoms with Gasteiger partial charge in [0.05, 0.1) is 50.9 Å². The first-order valence-corrected chi connectivity index (χ1v) is 35.0. The Kier molecular flexibility index (Phi) is 31.3. The van der Waals surface area contributed by atoms with Gasteiger partial charge in [0.1, 0.15) is 6.10 Å². The molecule has 2 heterocycles. The maximum absolute atomic E-state index is 13.4. The van der Waals surface area contributed by atoms with Crippen molar-refractivity contribution >= 4 is 70.3 Å². The van der Waals surface area contributed by atoms with E-state index in [0.29, 0.717) is 88.9 Å². The fraction of sp³-hybridized carbons (Fsp3) is 0.469. The summed E-state index contributed by atoms with van der Waals surface area (Å²) in [5.74, 6) is 10.8. The largest absolute Gasteiger partial charge is 0.756 e. The van der Waals surface area contributed by atoms with Crippen molar-refractivity contribution < 1.29 is 84.3 Å². The molecule has 4 N–H and O–H groups in total. The number of benzene rings is 4. The molecule has 0 bridgehead atoms. The second-order valence-corrected chi connectivity index (χ2v) is 25.7. The Hall–Kier alpha value is -6.85. The number of phosphoric acid groups is 3. The third-order valence-corrected chi connectivity index (χ3v) is 17.4. The van der Waals surface area contributed by atoms with E-state index in [9.17, 15) is 57.1 Å². The highest BCUT2D eigenvalue weighted by atomic mass is 31.2. The van der Waals surface area contributed by atoms with E-state index >= 15 is 0 Å². The molecular formula is C64H80N6O18P3-3. The number of anilines is 2. The molecule has 6 rings (SSSR count). The highest BCUT2D eigenvalue weighted by Gasteiger charge is 2.25. The molecule has 24 nitrogen and oxygen atoms in total. The third-order valence-electron chi connectivity index (χ3n) is 14.4. The molecule has 0 saturated heterocycles. The van der Waals surface area contributed by atoms with Crippen LogP contribution in [0.3, 0.4) is 0 Å². The number of amides is 6. The topological polar surface area (TPSA) is 333 Å². The minimum Gasteiger partial charge on any atom is -0.756 e. The number of carbonyl (C=O) groups is 6. The molecule has 0 saturated carbocycles. The monoisotopic (exact) mass is 1310 g/mol. The van der Waals surface area contributed by atoms with Crippen LogP contribution < -0.4 is 45.7 Å². The molecule has 0 fully saturated rings. The van der Waals surface area contributed by atoms with Crippen LogP contribution in [0, 0.1) is 23.7 Å². The highest BCUT2D eigenvalue weighted by molar-refractivity contribution is 7.46. The molecule has 2 aliphatic heterocycles. The summed E-state index contributed by atoms with van der Waals surface area (Å²) in [5, 5.41) is 10.7. The lowest BCUT2D eigenvalue weighted by Gasteiger charge is -2.27. The van der Waals surface area contributed by atoms with E-state index in [1.165, 1.54) is 0 Å². The molecule has 492 valence electrons. The quantitative estimate of drug-likeness (QED) is 0.0200. The van der Waals surface area contributed by atoms with Crippen molar-refractivity contribution in [2.45, 2.75) is 135 Å². The zero-order valence-corrected chi connectivity index (χ0v) is 53.9. The van der Waals surface area contributed by atoms with Gasteiger partial charge in [-0.25, -0.2) is 0 Å². The first kappa shape index (κ1) is 73.2. The Labute approximate surface area is 532 Å². The van der Waals surface area contributed by atoms with Gasteiger partial charge in [-0.2, -0.15) is 0 Å². The Bertz CT molecular complexity index is 3160. The minimum absolute atomic E-state index is 0.0205. The molecule has 3 unspecified atom stereocenters. The van der Waals surface area contributed by atoms with Gasteiger partial charge in [-0.3, -0.25) is 42.5 Å². The Morgan fingerprint density at radius 1 is 0.429 bits per heavy atom. The van der Waals surface area contributed by atoms with Crippen molar-refractivity contribution in [1.82, 2.24) is 21.3 Å². The molecule has 4 aromatic carbocycles. The minimum atomic E-state index is -4.80. The predicted molar refractivity (Wildman–Crippen MR) is 334 cm³/mol. The summed E-state index contributed by atoms with van der Waals surface area (Å²) in [6.45, 7) is 0.0637. The maximum atomic E-state index is 13.4. The number of fused-ring (bicyclic) bond motifs is 4. The molecule has 27 heteroatoms. The number of unbranched alkanes of at least 4 members (excludes halogenated alkanes) is 8. The zero-order valence-electron chi connectivity index (χ0n) is 51.2. The van der Waals surface area contributed by atoms with Gasteiger partial charge < -0.3 is 72.9 Å². The average molecular weight is 1310 g/mol. The van der Waals surface area contributed by atoms with Crippen LogP contribution in [0.4, 0.5) is 11.4 Å². The molecule has 2 aliphatic rings. The molecule has 0 spiro atoms. The van der Waals surface area contributed by atoms with Crippen molar-refractivity contribution in [3.8, 4) is 23.7 Å². The number of nitrogens with one attached hydrogen (secondary N) is 4. The van der Waals surface area contributed by atoms with E-state index in [2.05, 4.69) is 49.5 Å². The van der Waals surface area contributed by atoms with Crippen LogP contribution in [-0.4, -0.2) is 101 Å². The van der Waals surface area contributed by atoms with Crippen LogP contribution in [0.2, 0.25) is 0 Å². The highest BCUT2D eigenvalue weighted by Crippen LogP contribution is 2.40. The van der Waals surface area contributed by atoms with E-state index in [1.54, 1.807) is 9.80 Å². The lowest BCUT2D eigenvalue weighted by molar-refractivity contribution is -0.227. The van der Waals surface area contributed by atoms with Gasteiger partial charge in [0.15, 0.2) is 0 Å². The normalized spacial score (nSPS) is 14.5. The fourth-order valence-corrected chi connectivity index (χ4v) is 11.6. The fourth-order valence-electron chi connectivity index (χ4n) is 9.48. The van der Waals surface area contributed by atoms with Gasteiger partial charge in [0.25, 0.3) is 23.5 Å². The Morgan fingerprint density at radius 3 is 1.18 bits per heavy atom. The summed E-state index contributed by atoms with van der Waals surface area (Å²) in [6, 6.07) is 30.2. The zero-order chi connectivity index (χ0) is 65.3. The number of hydrogen-bond acceptors (Lipinski definition) is 18. The SMILES string of the molecule is COP(=O)([O-])OC(CNC(=O)CCCCOP(=O)([O-])OCCCCCCNC(=O)CCC(=O)N1Cc2ccccc2C#Cc2ccccc21)CNC(=O)CCCCOP(=O)([O-])OCCCCCCNC(=O)CCC(=O)N1Cc2ccccc2C#Cc2ccccc21. The van der Waals surface area contributed by atoms with E-state index in [4.69, 9.17) is 22.6 Å². The first-order chi connectivity index (χ1) is 43.8. The molecule has 3 atom stereocenters. The summed E-state index contributed by atoms with van der Waals surface area (Å²) in [5.41, 5.74) is 6.40. The number of rotatable bonds is 41. The van der Waals surface area contributed by atoms with Gasteiger partial charge >= 0.3 is 0 Å². The number of hydrogen-bond donors (Lipinski definition) is 4. The molecule has 0 aromatic heterocycles. The van der Waals surface area contributed by atoms with Crippen molar-refractivity contribution in [3.05, 3.63) is 130 Å². The molecule has 6 amide bonds.